The molecule has 0 aliphatic carbocycles. The molecule has 0 amide bonds. The number of sulfonamides is 1. The van der Waals surface area contributed by atoms with Crippen molar-refractivity contribution < 1.29 is 13.5 Å². The van der Waals surface area contributed by atoms with Gasteiger partial charge in [-0.1, -0.05) is 23.9 Å². The van der Waals surface area contributed by atoms with Crippen LogP contribution in [-0.2, 0) is 10.0 Å². The number of piperidine rings is 1. The zero-order valence-corrected chi connectivity index (χ0v) is 20.5. The summed E-state index contributed by atoms with van der Waals surface area (Å²) < 4.78 is 26.6. The fourth-order valence-corrected chi connectivity index (χ4v) is 6.79. The van der Waals surface area contributed by atoms with Gasteiger partial charge in [-0.15, -0.1) is 0 Å². The molecule has 1 N–H and O–H groups in total. The number of benzene rings is 2. The van der Waals surface area contributed by atoms with E-state index in [1.165, 1.54) is 22.8 Å². The van der Waals surface area contributed by atoms with E-state index in [0.717, 1.165) is 54.5 Å². The quantitative estimate of drug-likeness (QED) is 0.622. The van der Waals surface area contributed by atoms with Crippen LogP contribution in [0.4, 0.5) is 11.4 Å². The normalized spacial score (nSPS) is 19.1. The number of hydrogen-bond donors (Lipinski definition) is 1. The van der Waals surface area contributed by atoms with Gasteiger partial charge in [0.1, 0.15) is 0 Å². The molecule has 0 radical (unpaired) electrons. The van der Waals surface area contributed by atoms with Crippen LogP contribution in [0.3, 0.4) is 0 Å². The van der Waals surface area contributed by atoms with Crippen LogP contribution in [0.2, 0.25) is 0 Å². The monoisotopic (exact) mass is 475 g/mol. The number of nitrogens with zero attached hydrogens (tertiary/aromatic N) is 3. The summed E-state index contributed by atoms with van der Waals surface area (Å²) in [7, 11) is -0.340. The van der Waals surface area contributed by atoms with Crippen molar-refractivity contribution in [2.45, 2.75) is 40.4 Å². The van der Waals surface area contributed by atoms with Crippen LogP contribution in [0, 0.1) is 5.92 Å². The molecule has 1 unspecified atom stereocenters. The van der Waals surface area contributed by atoms with Crippen molar-refractivity contribution in [3.8, 4) is 0 Å². The topological polar surface area (TPSA) is 64.1 Å². The molecule has 174 valence electrons. The van der Waals surface area contributed by atoms with Crippen molar-refractivity contribution in [1.29, 1.82) is 0 Å². The van der Waals surface area contributed by atoms with Crippen molar-refractivity contribution in [3.63, 3.8) is 0 Å². The lowest BCUT2D eigenvalue weighted by atomic mass is 9.95. The third-order valence-corrected chi connectivity index (χ3v) is 9.30. The number of fused-ring (bicyclic) bond motifs is 2. The van der Waals surface area contributed by atoms with E-state index < -0.39 is 10.0 Å². The summed E-state index contributed by atoms with van der Waals surface area (Å²) in [6.07, 6.45) is 4.36. The predicted molar refractivity (Wildman–Crippen MR) is 130 cm³/mol. The van der Waals surface area contributed by atoms with Crippen LogP contribution in [-0.4, -0.2) is 69.6 Å². The van der Waals surface area contributed by atoms with Crippen LogP contribution in [0.25, 0.3) is 0 Å². The maximum atomic E-state index is 12.6. The second-order valence-corrected chi connectivity index (χ2v) is 12.0. The van der Waals surface area contributed by atoms with Gasteiger partial charge >= 0.3 is 0 Å². The highest BCUT2D eigenvalue weighted by Crippen LogP contribution is 2.48. The van der Waals surface area contributed by atoms with E-state index in [9.17, 15) is 13.5 Å². The number of rotatable bonds is 8. The molecule has 2 heterocycles. The molecule has 0 saturated carbocycles. The average molecular weight is 476 g/mol. The molecule has 0 aromatic heterocycles. The molecule has 1 saturated heterocycles. The van der Waals surface area contributed by atoms with E-state index in [4.69, 9.17) is 0 Å². The first-order valence-electron chi connectivity index (χ1n) is 11.3. The standard InChI is InChI=1S/C24H33N3O3S2/c1-25(2)32(29,30)20-10-11-22-24(17-20)31-23-9-4-3-8-21(23)27(22)15-6-14-26-13-5-7-19(18-26)12-16-28/h3-4,8-11,17,19,28H,5-7,12-16,18H2,1-2H3. The Morgan fingerprint density at radius 3 is 2.66 bits per heavy atom. The van der Waals surface area contributed by atoms with Gasteiger partial charge in [-0.05, 0) is 75.0 Å². The second-order valence-electron chi connectivity index (χ2n) is 8.81. The highest BCUT2D eigenvalue weighted by Gasteiger charge is 2.26. The smallest absolute Gasteiger partial charge is 0.242 e. The van der Waals surface area contributed by atoms with Crippen molar-refractivity contribution in [2.75, 3.05) is 51.8 Å². The van der Waals surface area contributed by atoms with Crippen molar-refractivity contribution in [2.24, 2.45) is 5.92 Å². The minimum Gasteiger partial charge on any atom is -0.396 e. The molecule has 6 nitrogen and oxygen atoms in total. The van der Waals surface area contributed by atoms with E-state index in [1.807, 2.05) is 18.2 Å². The summed E-state index contributed by atoms with van der Waals surface area (Å²) in [6, 6.07) is 13.8. The fraction of sp³-hybridized carbons (Fsp3) is 0.500. The largest absolute Gasteiger partial charge is 0.396 e. The maximum absolute atomic E-state index is 12.6. The van der Waals surface area contributed by atoms with Gasteiger partial charge in [0.25, 0.3) is 0 Å². The Balaban J connectivity index is 1.52. The molecule has 2 aromatic rings. The first-order valence-corrected chi connectivity index (χ1v) is 13.6. The number of aliphatic hydroxyl groups is 1. The van der Waals surface area contributed by atoms with E-state index >= 15 is 0 Å². The summed E-state index contributed by atoms with van der Waals surface area (Å²) >= 11 is 1.64. The molecule has 0 spiro atoms. The van der Waals surface area contributed by atoms with Gasteiger partial charge in [-0.3, -0.25) is 0 Å². The van der Waals surface area contributed by atoms with Gasteiger partial charge in [0, 0.05) is 43.6 Å². The summed E-state index contributed by atoms with van der Waals surface area (Å²) in [5.74, 6) is 0.610. The zero-order valence-electron chi connectivity index (χ0n) is 18.9. The summed E-state index contributed by atoms with van der Waals surface area (Å²) in [5, 5.41) is 9.27. The number of aliphatic hydroxyl groups excluding tert-OH is 1. The zero-order chi connectivity index (χ0) is 22.7. The highest BCUT2D eigenvalue weighted by molar-refractivity contribution is 7.99. The fourth-order valence-electron chi connectivity index (χ4n) is 4.65. The molecule has 2 aromatic carbocycles. The Morgan fingerprint density at radius 1 is 1.09 bits per heavy atom. The van der Waals surface area contributed by atoms with Gasteiger partial charge in [0.2, 0.25) is 10.0 Å². The summed E-state index contributed by atoms with van der Waals surface area (Å²) in [5.41, 5.74) is 2.26. The van der Waals surface area contributed by atoms with Crippen LogP contribution in [0.15, 0.2) is 57.2 Å². The molecule has 8 heteroatoms. The Bertz CT molecular complexity index is 1040. The number of anilines is 2. The third-order valence-electron chi connectivity index (χ3n) is 6.37. The second kappa shape index (κ2) is 10.1. The molecular formula is C24H33N3O3S2. The highest BCUT2D eigenvalue weighted by atomic mass is 32.2. The van der Waals surface area contributed by atoms with Gasteiger partial charge in [0.15, 0.2) is 0 Å². The van der Waals surface area contributed by atoms with Crippen LogP contribution < -0.4 is 4.90 Å². The Hall–Kier alpha value is -1.58. The molecular weight excluding hydrogens is 442 g/mol. The molecule has 0 bridgehead atoms. The first-order chi connectivity index (χ1) is 15.4. The van der Waals surface area contributed by atoms with Crippen LogP contribution in [0.1, 0.15) is 25.7 Å². The maximum Gasteiger partial charge on any atom is 0.242 e. The molecule has 2 aliphatic rings. The van der Waals surface area contributed by atoms with E-state index in [-0.39, 0.29) is 6.61 Å². The first kappa shape index (κ1) is 23.6. The SMILES string of the molecule is CN(C)S(=O)(=O)c1ccc2c(c1)Sc1ccccc1N2CCCN1CCCC(CCO)C1. The predicted octanol–water partition coefficient (Wildman–Crippen LogP) is 4.02. The summed E-state index contributed by atoms with van der Waals surface area (Å²) in [6.45, 7) is 4.41. The molecule has 1 atom stereocenters. The Kier molecular flexibility index (Phi) is 7.47. The van der Waals surface area contributed by atoms with Crippen LogP contribution in [0.5, 0.6) is 0 Å². The van der Waals surface area contributed by atoms with Crippen molar-refractivity contribution in [3.05, 3.63) is 42.5 Å². The summed E-state index contributed by atoms with van der Waals surface area (Å²) in [4.78, 5) is 7.33. The lowest BCUT2D eigenvalue weighted by Gasteiger charge is -2.35. The van der Waals surface area contributed by atoms with E-state index in [1.54, 1.807) is 31.9 Å². The molecule has 2 aliphatic heterocycles. The third kappa shape index (κ3) is 4.99. The Morgan fingerprint density at radius 2 is 1.88 bits per heavy atom. The Labute approximate surface area is 196 Å². The van der Waals surface area contributed by atoms with Crippen molar-refractivity contribution in [1.82, 2.24) is 9.21 Å². The van der Waals surface area contributed by atoms with Crippen LogP contribution >= 0.6 is 11.8 Å². The number of para-hydroxylation sites is 1. The molecule has 32 heavy (non-hydrogen) atoms. The average Bonchev–Trinajstić information content (AvgIpc) is 2.78. The lowest BCUT2D eigenvalue weighted by Crippen LogP contribution is -2.37. The van der Waals surface area contributed by atoms with E-state index in [2.05, 4.69) is 28.0 Å². The minimum absolute atomic E-state index is 0.281. The van der Waals surface area contributed by atoms with Gasteiger partial charge in [0.05, 0.1) is 16.3 Å². The molecule has 4 rings (SSSR count). The lowest BCUT2D eigenvalue weighted by molar-refractivity contribution is 0.147. The van der Waals surface area contributed by atoms with E-state index in [0.29, 0.717) is 10.8 Å². The number of likely N-dealkylation sites (tertiary alicyclic amines) is 1. The minimum atomic E-state index is -3.47. The molecule has 1 fully saturated rings. The number of hydrogen-bond acceptors (Lipinski definition) is 6. The van der Waals surface area contributed by atoms with Gasteiger partial charge in [-0.2, -0.15) is 0 Å². The van der Waals surface area contributed by atoms with Crippen molar-refractivity contribution >= 4 is 33.2 Å². The van der Waals surface area contributed by atoms with Gasteiger partial charge < -0.3 is 14.9 Å². The van der Waals surface area contributed by atoms with Gasteiger partial charge in [-0.25, -0.2) is 12.7 Å².